The van der Waals surface area contributed by atoms with Crippen molar-refractivity contribution in [2.24, 2.45) is 0 Å². The minimum absolute atomic E-state index is 0.159. The van der Waals surface area contributed by atoms with Crippen molar-refractivity contribution in [1.82, 2.24) is 4.98 Å². The number of anilines is 1. The van der Waals surface area contributed by atoms with Gasteiger partial charge in [0.05, 0.1) is 0 Å². The van der Waals surface area contributed by atoms with Crippen LogP contribution in [0.5, 0.6) is 5.75 Å². The van der Waals surface area contributed by atoms with Crippen molar-refractivity contribution in [1.29, 1.82) is 0 Å². The fourth-order valence-corrected chi connectivity index (χ4v) is 3.03. The van der Waals surface area contributed by atoms with Crippen LogP contribution in [0.15, 0.2) is 66.9 Å². The number of nitrogens with zero attached hydrogens (tertiary/aromatic N) is 2. The average molecular weight is 348 g/mol. The lowest BCUT2D eigenvalue weighted by Gasteiger charge is -2.28. The highest BCUT2D eigenvalue weighted by atomic mass is 19.1. The Balaban J connectivity index is 1.51. The van der Waals surface area contributed by atoms with Crippen LogP contribution in [0.4, 0.5) is 10.1 Å². The molecule has 5 heteroatoms. The first-order chi connectivity index (χ1) is 12.7. The molecule has 0 saturated carbocycles. The number of carbonyl (C=O) groups excluding carboxylic acids is 1. The Morgan fingerprint density at radius 3 is 2.62 bits per heavy atom. The van der Waals surface area contributed by atoms with Crippen molar-refractivity contribution in [3.05, 3.63) is 89.5 Å². The molecule has 1 amide bonds. The van der Waals surface area contributed by atoms with E-state index in [0.717, 1.165) is 16.9 Å². The standard InChI is InChI=1S/C21H17FN2O2/c22-17-6-8-18(9-7-17)24-11-10-16-12-15(13-23-20(16)21(24)25)14-26-19-4-2-1-3-5-19/h1-9,12-13H,10-11,14H2. The van der Waals surface area contributed by atoms with Crippen LogP contribution in [-0.4, -0.2) is 17.4 Å². The summed E-state index contributed by atoms with van der Waals surface area (Å²) in [5.41, 5.74) is 2.97. The molecule has 130 valence electrons. The van der Waals surface area contributed by atoms with Crippen LogP contribution in [0, 0.1) is 5.82 Å². The molecule has 0 fully saturated rings. The lowest BCUT2D eigenvalue weighted by atomic mass is 10.0. The van der Waals surface area contributed by atoms with Gasteiger partial charge in [-0.1, -0.05) is 18.2 Å². The number of halogens is 1. The van der Waals surface area contributed by atoms with Gasteiger partial charge in [-0.3, -0.25) is 9.78 Å². The van der Waals surface area contributed by atoms with Crippen molar-refractivity contribution >= 4 is 11.6 Å². The molecule has 0 radical (unpaired) electrons. The van der Waals surface area contributed by atoms with Crippen molar-refractivity contribution in [3.8, 4) is 5.75 Å². The third-order valence-electron chi connectivity index (χ3n) is 4.36. The van der Waals surface area contributed by atoms with Crippen LogP contribution in [-0.2, 0) is 13.0 Å². The summed E-state index contributed by atoms with van der Waals surface area (Å²) in [6.45, 7) is 0.947. The topological polar surface area (TPSA) is 42.4 Å². The molecule has 1 aliphatic rings. The van der Waals surface area contributed by atoms with Crippen molar-refractivity contribution < 1.29 is 13.9 Å². The molecule has 4 nitrogen and oxygen atoms in total. The Labute approximate surface area is 150 Å². The maximum absolute atomic E-state index is 13.1. The summed E-state index contributed by atoms with van der Waals surface area (Å²) < 4.78 is 18.8. The lowest BCUT2D eigenvalue weighted by molar-refractivity contribution is 0.0975. The Bertz CT molecular complexity index is 927. The van der Waals surface area contributed by atoms with E-state index in [1.165, 1.54) is 12.1 Å². The molecule has 2 aromatic carbocycles. The summed E-state index contributed by atoms with van der Waals surface area (Å²) in [5.74, 6) is 0.317. The molecule has 3 aromatic rings. The largest absolute Gasteiger partial charge is 0.489 e. The summed E-state index contributed by atoms with van der Waals surface area (Å²) in [6, 6.07) is 17.5. The van der Waals surface area contributed by atoms with E-state index in [1.54, 1.807) is 23.2 Å². The van der Waals surface area contributed by atoms with Crippen LogP contribution in [0.25, 0.3) is 0 Å². The van der Waals surface area contributed by atoms with Gasteiger partial charge in [0.15, 0.2) is 0 Å². The quantitative estimate of drug-likeness (QED) is 0.716. The summed E-state index contributed by atoms with van der Waals surface area (Å²) in [5, 5.41) is 0. The zero-order valence-electron chi connectivity index (χ0n) is 14.1. The SMILES string of the molecule is O=C1c2ncc(COc3ccccc3)cc2CCN1c1ccc(F)cc1. The van der Waals surface area contributed by atoms with Gasteiger partial charge < -0.3 is 9.64 Å². The summed E-state index contributed by atoms with van der Waals surface area (Å²) in [4.78, 5) is 18.7. The number of para-hydroxylation sites is 1. The first-order valence-corrected chi connectivity index (χ1v) is 8.44. The van der Waals surface area contributed by atoms with Gasteiger partial charge in [0.25, 0.3) is 5.91 Å². The fraction of sp³-hybridized carbons (Fsp3) is 0.143. The molecule has 0 unspecified atom stereocenters. The van der Waals surface area contributed by atoms with Gasteiger partial charge in [-0.2, -0.15) is 0 Å². The number of rotatable bonds is 4. The number of aromatic nitrogens is 1. The van der Waals surface area contributed by atoms with E-state index < -0.39 is 0 Å². The molecule has 0 aliphatic carbocycles. The lowest BCUT2D eigenvalue weighted by Crippen LogP contribution is -2.38. The van der Waals surface area contributed by atoms with Gasteiger partial charge in [-0.05, 0) is 54.4 Å². The highest BCUT2D eigenvalue weighted by Crippen LogP contribution is 2.24. The first-order valence-electron chi connectivity index (χ1n) is 8.44. The molecular weight excluding hydrogens is 331 g/mol. The summed E-state index contributed by atoms with van der Waals surface area (Å²) in [6.07, 6.45) is 2.37. The van der Waals surface area contributed by atoms with Crippen LogP contribution in [0.1, 0.15) is 21.6 Å². The van der Waals surface area contributed by atoms with Gasteiger partial charge in [-0.25, -0.2) is 4.39 Å². The third kappa shape index (κ3) is 3.28. The number of hydrogen-bond acceptors (Lipinski definition) is 3. The molecule has 4 rings (SSSR count). The Kier molecular flexibility index (Phi) is 4.35. The molecule has 1 aromatic heterocycles. The Morgan fingerprint density at radius 1 is 1.08 bits per heavy atom. The predicted octanol–water partition coefficient (Wildman–Crippen LogP) is 4.00. The molecule has 0 saturated heterocycles. The maximum Gasteiger partial charge on any atom is 0.277 e. The van der Waals surface area contributed by atoms with Crippen molar-refractivity contribution in [2.45, 2.75) is 13.0 Å². The van der Waals surface area contributed by atoms with Gasteiger partial charge in [0, 0.05) is 24.0 Å². The monoisotopic (exact) mass is 348 g/mol. The zero-order chi connectivity index (χ0) is 17.9. The van der Waals surface area contributed by atoms with E-state index in [4.69, 9.17) is 4.74 Å². The smallest absolute Gasteiger partial charge is 0.277 e. The Morgan fingerprint density at radius 2 is 1.85 bits per heavy atom. The van der Waals surface area contributed by atoms with E-state index in [9.17, 15) is 9.18 Å². The minimum atomic E-state index is -0.320. The average Bonchev–Trinajstić information content (AvgIpc) is 2.68. The summed E-state index contributed by atoms with van der Waals surface area (Å²) >= 11 is 0. The molecule has 1 aliphatic heterocycles. The number of ether oxygens (including phenoxy) is 1. The van der Waals surface area contributed by atoms with E-state index in [-0.39, 0.29) is 11.7 Å². The number of hydrogen-bond donors (Lipinski definition) is 0. The second kappa shape index (κ2) is 6.96. The molecular formula is C21H17FN2O2. The molecule has 2 heterocycles. The fourth-order valence-electron chi connectivity index (χ4n) is 3.03. The first kappa shape index (κ1) is 16.3. The number of pyridine rings is 1. The minimum Gasteiger partial charge on any atom is -0.489 e. The van der Waals surface area contributed by atoms with Gasteiger partial charge in [-0.15, -0.1) is 0 Å². The zero-order valence-corrected chi connectivity index (χ0v) is 14.1. The third-order valence-corrected chi connectivity index (χ3v) is 4.36. The number of fused-ring (bicyclic) bond motifs is 1. The van der Waals surface area contributed by atoms with Gasteiger partial charge in [0.1, 0.15) is 23.9 Å². The molecule has 0 spiro atoms. The van der Waals surface area contributed by atoms with E-state index in [1.807, 2.05) is 36.4 Å². The normalized spacial score (nSPS) is 13.4. The molecule has 0 bridgehead atoms. The van der Waals surface area contributed by atoms with Gasteiger partial charge in [0.2, 0.25) is 0 Å². The maximum atomic E-state index is 13.1. The molecule has 0 atom stereocenters. The van der Waals surface area contributed by atoms with E-state index in [2.05, 4.69) is 4.98 Å². The number of carbonyl (C=O) groups is 1. The highest BCUT2D eigenvalue weighted by Gasteiger charge is 2.27. The van der Waals surface area contributed by atoms with Crippen LogP contribution < -0.4 is 9.64 Å². The Hall–Kier alpha value is -3.21. The van der Waals surface area contributed by atoms with E-state index in [0.29, 0.717) is 31.0 Å². The molecule has 26 heavy (non-hydrogen) atoms. The second-order valence-electron chi connectivity index (χ2n) is 6.14. The van der Waals surface area contributed by atoms with Crippen molar-refractivity contribution in [2.75, 3.05) is 11.4 Å². The van der Waals surface area contributed by atoms with Crippen LogP contribution >= 0.6 is 0 Å². The number of amides is 1. The van der Waals surface area contributed by atoms with Crippen LogP contribution in [0.2, 0.25) is 0 Å². The van der Waals surface area contributed by atoms with Crippen LogP contribution in [0.3, 0.4) is 0 Å². The molecule has 0 N–H and O–H groups in total. The van der Waals surface area contributed by atoms with Crippen molar-refractivity contribution in [3.63, 3.8) is 0 Å². The predicted molar refractivity (Wildman–Crippen MR) is 96.8 cm³/mol. The highest BCUT2D eigenvalue weighted by molar-refractivity contribution is 6.06. The summed E-state index contributed by atoms with van der Waals surface area (Å²) in [7, 11) is 0. The second-order valence-corrected chi connectivity index (χ2v) is 6.14. The van der Waals surface area contributed by atoms with E-state index >= 15 is 0 Å². The van der Waals surface area contributed by atoms with Gasteiger partial charge >= 0.3 is 0 Å². The number of benzene rings is 2.